The zero-order chi connectivity index (χ0) is 12.3. The lowest BCUT2D eigenvalue weighted by Crippen LogP contribution is -2.49. The Balaban J connectivity index is 1.98. The van der Waals surface area contributed by atoms with E-state index in [1.54, 1.807) is 0 Å². The number of hydrogen-bond acceptors (Lipinski definition) is 5. The summed E-state index contributed by atoms with van der Waals surface area (Å²) in [5.74, 6) is -0.333. The average Bonchev–Trinajstić information content (AvgIpc) is 2.78. The van der Waals surface area contributed by atoms with Crippen LogP contribution < -0.4 is 5.32 Å². The third-order valence-corrected chi connectivity index (χ3v) is 5.10. The van der Waals surface area contributed by atoms with E-state index in [2.05, 4.69) is 12.2 Å². The van der Waals surface area contributed by atoms with Crippen molar-refractivity contribution < 1.29 is 14.6 Å². The molecule has 0 aromatic carbocycles. The smallest absolute Gasteiger partial charge is 0.169 e. The molecular formula is C12H23NO3S. The lowest BCUT2D eigenvalue weighted by Gasteiger charge is -2.41. The van der Waals surface area contributed by atoms with Gasteiger partial charge in [0.05, 0.1) is 19.8 Å². The van der Waals surface area contributed by atoms with Crippen molar-refractivity contribution in [1.29, 1.82) is 0 Å². The van der Waals surface area contributed by atoms with Crippen LogP contribution in [0.1, 0.15) is 26.2 Å². The molecule has 100 valence electrons. The van der Waals surface area contributed by atoms with E-state index in [4.69, 9.17) is 9.47 Å². The van der Waals surface area contributed by atoms with Crippen molar-refractivity contribution in [2.24, 2.45) is 0 Å². The van der Waals surface area contributed by atoms with E-state index in [0.717, 1.165) is 32.5 Å². The maximum Gasteiger partial charge on any atom is 0.169 e. The minimum absolute atomic E-state index is 0.228. The molecule has 0 amide bonds. The zero-order valence-corrected chi connectivity index (χ0v) is 11.5. The highest BCUT2D eigenvalue weighted by molar-refractivity contribution is 8.00. The van der Waals surface area contributed by atoms with Crippen molar-refractivity contribution >= 4 is 11.8 Å². The Hall–Kier alpha value is 0.190. The summed E-state index contributed by atoms with van der Waals surface area (Å²) < 4.78 is 11.6. The molecule has 1 spiro atoms. The average molecular weight is 261 g/mol. The Labute approximate surface area is 107 Å². The van der Waals surface area contributed by atoms with Gasteiger partial charge in [-0.25, -0.2) is 0 Å². The number of aliphatic hydroxyl groups excluding tert-OH is 1. The fourth-order valence-electron chi connectivity index (χ4n) is 2.69. The van der Waals surface area contributed by atoms with Crippen LogP contribution in [0.4, 0.5) is 0 Å². The van der Waals surface area contributed by atoms with Gasteiger partial charge < -0.3 is 19.9 Å². The summed E-state index contributed by atoms with van der Waals surface area (Å²) in [4.78, 5) is 0. The second-order valence-electron chi connectivity index (χ2n) is 4.91. The molecule has 1 aliphatic carbocycles. The van der Waals surface area contributed by atoms with Crippen LogP contribution in [-0.2, 0) is 9.47 Å². The second-order valence-corrected chi connectivity index (χ2v) is 6.60. The number of ether oxygens (including phenoxy) is 2. The molecule has 1 heterocycles. The second kappa shape index (κ2) is 5.89. The minimum Gasteiger partial charge on any atom is -0.395 e. The van der Waals surface area contributed by atoms with Gasteiger partial charge in [0.25, 0.3) is 0 Å². The molecule has 0 aromatic heterocycles. The Morgan fingerprint density at radius 2 is 2.18 bits per heavy atom. The van der Waals surface area contributed by atoms with Gasteiger partial charge >= 0.3 is 0 Å². The summed E-state index contributed by atoms with van der Waals surface area (Å²) >= 11 is 1.84. The van der Waals surface area contributed by atoms with E-state index in [-0.39, 0.29) is 17.6 Å². The summed E-state index contributed by atoms with van der Waals surface area (Å²) in [6.45, 7) is 3.73. The van der Waals surface area contributed by atoms with E-state index in [0.29, 0.717) is 11.3 Å². The van der Waals surface area contributed by atoms with Crippen LogP contribution in [-0.4, -0.2) is 54.3 Å². The highest BCUT2D eigenvalue weighted by Crippen LogP contribution is 2.41. The Bertz CT molecular complexity index is 246. The molecule has 1 saturated carbocycles. The first-order valence-corrected chi connectivity index (χ1v) is 7.35. The van der Waals surface area contributed by atoms with Crippen molar-refractivity contribution in [3.05, 3.63) is 0 Å². The summed E-state index contributed by atoms with van der Waals surface area (Å²) in [6, 6.07) is 0.493. The molecule has 2 fully saturated rings. The van der Waals surface area contributed by atoms with Gasteiger partial charge in [-0.2, -0.15) is 11.8 Å². The van der Waals surface area contributed by atoms with Gasteiger partial charge in [0.2, 0.25) is 0 Å². The Kier molecular flexibility index (Phi) is 4.72. The van der Waals surface area contributed by atoms with Gasteiger partial charge in [-0.1, -0.05) is 6.92 Å². The summed E-state index contributed by atoms with van der Waals surface area (Å²) in [5.41, 5.74) is 0. The zero-order valence-electron chi connectivity index (χ0n) is 10.6. The molecule has 0 bridgehead atoms. The molecule has 0 aromatic rings. The van der Waals surface area contributed by atoms with E-state index in [1.807, 2.05) is 18.8 Å². The van der Waals surface area contributed by atoms with Crippen LogP contribution in [0.15, 0.2) is 0 Å². The molecule has 2 N–H and O–H groups in total. The van der Waals surface area contributed by atoms with E-state index in [1.165, 1.54) is 0 Å². The molecule has 2 rings (SSSR count). The third-order valence-electron chi connectivity index (χ3n) is 3.65. The minimum atomic E-state index is -0.333. The fourth-order valence-corrected chi connectivity index (χ4v) is 4.18. The number of aliphatic hydroxyl groups is 1. The van der Waals surface area contributed by atoms with Gasteiger partial charge in [-0.05, 0) is 13.5 Å². The molecule has 0 radical (unpaired) electrons. The van der Waals surface area contributed by atoms with E-state index in [9.17, 15) is 5.11 Å². The molecule has 1 aliphatic heterocycles. The van der Waals surface area contributed by atoms with Crippen molar-refractivity contribution in [2.45, 2.75) is 48.5 Å². The topological polar surface area (TPSA) is 50.7 Å². The number of thioether (sulfide) groups is 1. The molecular weight excluding hydrogens is 238 g/mol. The molecule has 3 unspecified atom stereocenters. The normalized spacial score (nSPS) is 34.1. The molecule has 4 nitrogen and oxygen atoms in total. The van der Waals surface area contributed by atoms with E-state index < -0.39 is 0 Å². The quantitative estimate of drug-likeness (QED) is 0.790. The number of nitrogens with one attached hydrogen (secondary N) is 1. The summed E-state index contributed by atoms with van der Waals surface area (Å²) in [7, 11) is 2.01. The Morgan fingerprint density at radius 3 is 2.76 bits per heavy atom. The number of rotatable bonds is 4. The fraction of sp³-hybridized carbons (Fsp3) is 1.00. The van der Waals surface area contributed by atoms with Crippen LogP contribution in [0.2, 0.25) is 0 Å². The van der Waals surface area contributed by atoms with Gasteiger partial charge in [0, 0.05) is 29.4 Å². The predicted octanol–water partition coefficient (Wildman–Crippen LogP) is 0.984. The molecule has 17 heavy (non-hydrogen) atoms. The first-order chi connectivity index (χ1) is 8.19. The lowest BCUT2D eigenvalue weighted by molar-refractivity contribution is -0.177. The van der Waals surface area contributed by atoms with Crippen LogP contribution in [0, 0.1) is 0 Å². The van der Waals surface area contributed by atoms with Gasteiger partial charge in [0.15, 0.2) is 5.79 Å². The predicted molar refractivity (Wildman–Crippen MR) is 69.3 cm³/mol. The van der Waals surface area contributed by atoms with Crippen LogP contribution in [0.25, 0.3) is 0 Å². The monoisotopic (exact) mass is 261 g/mol. The molecule has 3 atom stereocenters. The maximum atomic E-state index is 9.18. The molecule has 1 saturated heterocycles. The van der Waals surface area contributed by atoms with Gasteiger partial charge in [-0.3, -0.25) is 0 Å². The summed E-state index contributed by atoms with van der Waals surface area (Å²) in [6.07, 6.45) is 2.98. The highest BCUT2D eigenvalue weighted by atomic mass is 32.2. The first-order valence-electron chi connectivity index (χ1n) is 6.40. The summed E-state index contributed by atoms with van der Waals surface area (Å²) in [5, 5.41) is 13.3. The van der Waals surface area contributed by atoms with Gasteiger partial charge in [-0.15, -0.1) is 0 Å². The number of hydrogen-bond donors (Lipinski definition) is 2. The van der Waals surface area contributed by atoms with Crippen LogP contribution in [0.5, 0.6) is 0 Å². The Morgan fingerprint density at radius 1 is 1.47 bits per heavy atom. The SMILES string of the molecule is CNC1CCC2(CC1SC(C)CO)OCCO2. The molecule has 5 heteroatoms. The van der Waals surface area contributed by atoms with E-state index >= 15 is 0 Å². The van der Waals surface area contributed by atoms with Crippen molar-refractivity contribution in [3.8, 4) is 0 Å². The van der Waals surface area contributed by atoms with Crippen molar-refractivity contribution in [2.75, 3.05) is 26.9 Å². The standard InChI is InChI=1S/C12H23NO3S/c1-9(8-14)17-11-7-12(15-5-6-16-12)4-3-10(11)13-2/h9-11,13-14H,3-8H2,1-2H3. The van der Waals surface area contributed by atoms with Crippen LogP contribution >= 0.6 is 11.8 Å². The van der Waals surface area contributed by atoms with Gasteiger partial charge in [0.1, 0.15) is 0 Å². The largest absolute Gasteiger partial charge is 0.395 e. The first kappa shape index (κ1) is 13.6. The maximum absolute atomic E-state index is 9.18. The molecule has 2 aliphatic rings. The third kappa shape index (κ3) is 3.15. The highest BCUT2D eigenvalue weighted by Gasteiger charge is 2.45. The van der Waals surface area contributed by atoms with Crippen molar-refractivity contribution in [1.82, 2.24) is 5.32 Å². The lowest BCUT2D eigenvalue weighted by atomic mass is 9.89. The van der Waals surface area contributed by atoms with Crippen molar-refractivity contribution in [3.63, 3.8) is 0 Å². The van der Waals surface area contributed by atoms with Crippen LogP contribution in [0.3, 0.4) is 0 Å².